The van der Waals surface area contributed by atoms with E-state index in [9.17, 15) is 4.79 Å². The molecule has 4 saturated carbocycles. The second kappa shape index (κ2) is 5.67. The maximum absolute atomic E-state index is 12.5. The number of carbonyl (C=O) groups excluding carboxylic acids is 1. The largest absolute Gasteiger partial charge is 0.466 e. The van der Waals surface area contributed by atoms with Gasteiger partial charge in [-0.15, -0.1) is 0 Å². The van der Waals surface area contributed by atoms with E-state index < -0.39 is 0 Å². The zero-order valence-electron chi connectivity index (χ0n) is 12.9. The molecule has 4 aliphatic rings. The van der Waals surface area contributed by atoms with E-state index >= 15 is 0 Å². The van der Waals surface area contributed by atoms with E-state index in [0.717, 1.165) is 17.8 Å². The highest BCUT2D eigenvalue weighted by Crippen LogP contribution is 2.62. The summed E-state index contributed by atoms with van der Waals surface area (Å²) in [4.78, 5) is 12.5. The Morgan fingerprint density at radius 1 is 1.05 bits per heavy atom. The molecule has 4 aliphatic carbocycles. The van der Waals surface area contributed by atoms with Gasteiger partial charge < -0.3 is 9.47 Å². The van der Waals surface area contributed by atoms with E-state index in [2.05, 4.69) is 0 Å². The molecule has 0 N–H and O–H groups in total. The van der Waals surface area contributed by atoms with E-state index in [1.165, 1.54) is 38.5 Å². The molecule has 4 fully saturated rings. The Bertz CT molecular complexity index is 328. The molecule has 0 aromatic heterocycles. The molecule has 0 radical (unpaired) electrons. The van der Waals surface area contributed by atoms with E-state index in [1.54, 1.807) is 0 Å². The van der Waals surface area contributed by atoms with E-state index in [1.807, 2.05) is 13.8 Å². The summed E-state index contributed by atoms with van der Waals surface area (Å²) >= 11 is 0. The van der Waals surface area contributed by atoms with Gasteiger partial charge in [0.05, 0.1) is 19.1 Å². The molecule has 114 valence electrons. The zero-order valence-corrected chi connectivity index (χ0v) is 12.9. The third-order valence-electron chi connectivity index (χ3n) is 5.88. The monoisotopic (exact) mass is 280 g/mol. The normalized spacial score (nSPS) is 39.8. The summed E-state index contributed by atoms with van der Waals surface area (Å²) in [5.41, 5.74) is 0.191. The Kier molecular flexibility index (Phi) is 4.07. The van der Waals surface area contributed by atoms with Crippen LogP contribution in [0.2, 0.25) is 0 Å². The van der Waals surface area contributed by atoms with Gasteiger partial charge in [-0.05, 0) is 75.5 Å². The fourth-order valence-electron chi connectivity index (χ4n) is 5.58. The van der Waals surface area contributed by atoms with E-state index in [0.29, 0.717) is 19.8 Å². The lowest BCUT2D eigenvalue weighted by Crippen LogP contribution is -2.52. The van der Waals surface area contributed by atoms with Crippen LogP contribution in [0, 0.1) is 29.1 Å². The highest BCUT2D eigenvalue weighted by molar-refractivity contribution is 5.73. The quantitative estimate of drug-likeness (QED) is 0.699. The number of hydrogen-bond donors (Lipinski definition) is 0. The minimum atomic E-state index is -0.0317. The van der Waals surface area contributed by atoms with Crippen LogP contribution in [0.25, 0.3) is 0 Å². The van der Waals surface area contributed by atoms with E-state index in [-0.39, 0.29) is 17.3 Å². The lowest BCUT2D eigenvalue weighted by atomic mass is 9.46. The van der Waals surface area contributed by atoms with Gasteiger partial charge >= 0.3 is 5.97 Å². The number of rotatable bonds is 6. The highest BCUT2D eigenvalue weighted by atomic mass is 16.5. The summed E-state index contributed by atoms with van der Waals surface area (Å²) in [6.45, 7) is 5.62. The molecule has 0 saturated heterocycles. The Hall–Kier alpha value is -0.570. The first-order chi connectivity index (χ1) is 9.66. The van der Waals surface area contributed by atoms with Crippen molar-refractivity contribution >= 4 is 5.97 Å². The summed E-state index contributed by atoms with van der Waals surface area (Å²) in [7, 11) is 0. The van der Waals surface area contributed by atoms with Crippen LogP contribution in [0.4, 0.5) is 0 Å². The molecule has 4 rings (SSSR count). The van der Waals surface area contributed by atoms with Crippen LogP contribution in [0.1, 0.15) is 52.4 Å². The fourth-order valence-corrected chi connectivity index (χ4v) is 5.58. The van der Waals surface area contributed by atoms with Gasteiger partial charge in [0.15, 0.2) is 0 Å². The van der Waals surface area contributed by atoms with Gasteiger partial charge in [-0.1, -0.05) is 0 Å². The first-order valence-electron chi connectivity index (χ1n) is 8.41. The molecule has 0 aromatic rings. The summed E-state index contributed by atoms with van der Waals surface area (Å²) in [5, 5.41) is 0. The molecule has 0 amide bonds. The molecule has 0 aromatic carbocycles. The Labute approximate surface area is 122 Å². The molecule has 0 aliphatic heterocycles. The van der Waals surface area contributed by atoms with Crippen molar-refractivity contribution in [1.29, 1.82) is 0 Å². The Balaban J connectivity index is 1.80. The minimum absolute atomic E-state index is 0.0112. The standard InChI is InChI=1S/C17H28O3/c1-3-19-11-15(16(18)20-4-2)17-8-12-5-13(9-17)7-14(6-12)10-17/h12-15H,3-11H2,1-2H3. The van der Waals surface area contributed by atoms with Crippen molar-refractivity contribution < 1.29 is 14.3 Å². The van der Waals surface area contributed by atoms with Crippen molar-refractivity contribution in [1.82, 2.24) is 0 Å². The number of esters is 1. The van der Waals surface area contributed by atoms with Crippen molar-refractivity contribution in [3.8, 4) is 0 Å². The van der Waals surface area contributed by atoms with Gasteiger partial charge in [0.25, 0.3) is 0 Å². The van der Waals surface area contributed by atoms with Crippen molar-refractivity contribution in [3.05, 3.63) is 0 Å². The van der Waals surface area contributed by atoms with E-state index in [4.69, 9.17) is 9.47 Å². The van der Waals surface area contributed by atoms with Crippen LogP contribution in [0.5, 0.6) is 0 Å². The van der Waals surface area contributed by atoms with Crippen molar-refractivity contribution in [3.63, 3.8) is 0 Å². The number of hydrogen-bond acceptors (Lipinski definition) is 3. The molecule has 3 nitrogen and oxygen atoms in total. The average Bonchev–Trinajstić information content (AvgIpc) is 2.37. The molecule has 0 heterocycles. The van der Waals surface area contributed by atoms with Crippen molar-refractivity contribution in [2.24, 2.45) is 29.1 Å². The summed E-state index contributed by atoms with van der Waals surface area (Å²) in [5.74, 6) is 2.54. The van der Waals surface area contributed by atoms with Crippen LogP contribution in [0.3, 0.4) is 0 Å². The summed E-state index contributed by atoms with van der Waals surface area (Å²) < 4.78 is 11.0. The zero-order chi connectivity index (χ0) is 14.2. The van der Waals surface area contributed by atoms with Gasteiger partial charge in [0, 0.05) is 6.61 Å². The SMILES string of the molecule is CCOCC(C(=O)OCC)C12CC3CC(CC(C3)C1)C2. The maximum Gasteiger partial charge on any atom is 0.311 e. The van der Waals surface area contributed by atoms with Crippen LogP contribution < -0.4 is 0 Å². The molecular weight excluding hydrogens is 252 g/mol. The summed E-state index contributed by atoms with van der Waals surface area (Å²) in [6.07, 6.45) is 7.91. The van der Waals surface area contributed by atoms with Gasteiger partial charge in [-0.3, -0.25) is 4.79 Å². The number of ether oxygens (including phenoxy) is 2. The highest BCUT2D eigenvalue weighted by Gasteiger charge is 2.56. The molecule has 1 atom stereocenters. The van der Waals surface area contributed by atoms with Gasteiger partial charge in [0.2, 0.25) is 0 Å². The lowest BCUT2D eigenvalue weighted by molar-refractivity contribution is -0.169. The topological polar surface area (TPSA) is 35.5 Å². The first kappa shape index (κ1) is 14.4. The van der Waals surface area contributed by atoms with Gasteiger partial charge in [0.1, 0.15) is 0 Å². The average molecular weight is 280 g/mol. The van der Waals surface area contributed by atoms with Crippen LogP contribution in [0.15, 0.2) is 0 Å². The molecule has 20 heavy (non-hydrogen) atoms. The first-order valence-corrected chi connectivity index (χ1v) is 8.41. The second-order valence-electron chi connectivity index (χ2n) is 7.24. The van der Waals surface area contributed by atoms with Gasteiger partial charge in [-0.2, -0.15) is 0 Å². The predicted molar refractivity (Wildman–Crippen MR) is 77.2 cm³/mol. The predicted octanol–water partition coefficient (Wildman–Crippen LogP) is 3.42. The Morgan fingerprint density at radius 2 is 1.60 bits per heavy atom. The lowest BCUT2D eigenvalue weighted by Gasteiger charge is -2.58. The van der Waals surface area contributed by atoms with Crippen molar-refractivity contribution in [2.75, 3.05) is 19.8 Å². The fraction of sp³-hybridized carbons (Fsp3) is 0.941. The van der Waals surface area contributed by atoms with Crippen LogP contribution in [-0.4, -0.2) is 25.8 Å². The summed E-state index contributed by atoms with van der Waals surface area (Å²) in [6, 6.07) is 0. The van der Waals surface area contributed by atoms with Crippen LogP contribution >= 0.6 is 0 Å². The Morgan fingerprint density at radius 3 is 2.05 bits per heavy atom. The van der Waals surface area contributed by atoms with Gasteiger partial charge in [-0.25, -0.2) is 0 Å². The molecular formula is C17H28O3. The maximum atomic E-state index is 12.5. The smallest absolute Gasteiger partial charge is 0.311 e. The molecule has 1 unspecified atom stereocenters. The molecule has 3 heteroatoms. The van der Waals surface area contributed by atoms with Crippen molar-refractivity contribution in [2.45, 2.75) is 52.4 Å². The number of carbonyl (C=O) groups is 1. The minimum Gasteiger partial charge on any atom is -0.466 e. The third kappa shape index (κ3) is 2.49. The molecule has 0 spiro atoms. The second-order valence-corrected chi connectivity index (χ2v) is 7.24. The molecule has 4 bridgehead atoms. The third-order valence-corrected chi connectivity index (χ3v) is 5.88. The van der Waals surface area contributed by atoms with Crippen LogP contribution in [-0.2, 0) is 14.3 Å².